The van der Waals surface area contributed by atoms with E-state index in [1.807, 2.05) is 60.9 Å². The van der Waals surface area contributed by atoms with E-state index in [0.29, 0.717) is 31.1 Å². The summed E-state index contributed by atoms with van der Waals surface area (Å²) < 4.78 is 7.64. The lowest BCUT2D eigenvalue weighted by Crippen LogP contribution is -2.46. The van der Waals surface area contributed by atoms with E-state index in [1.165, 1.54) is 0 Å². The fraction of sp³-hybridized carbons (Fsp3) is 0.355. The summed E-state index contributed by atoms with van der Waals surface area (Å²) in [4.78, 5) is 32.2. The number of hydrogen-bond donors (Lipinski definition) is 3. The molecule has 2 fully saturated rings. The maximum Gasteiger partial charge on any atom is 0.416 e. The Bertz CT molecular complexity index is 1650. The van der Waals surface area contributed by atoms with Gasteiger partial charge in [-0.1, -0.05) is 31.7 Å². The van der Waals surface area contributed by atoms with Gasteiger partial charge in [0.1, 0.15) is 17.7 Å². The molecule has 3 N–H and O–H groups in total. The van der Waals surface area contributed by atoms with Crippen LogP contribution in [0.3, 0.4) is 0 Å². The highest BCUT2D eigenvalue weighted by atomic mass is 16.6. The third-order valence-corrected chi connectivity index (χ3v) is 8.16. The first kappa shape index (κ1) is 26.8. The molecule has 1 aromatic carbocycles. The highest BCUT2D eigenvalue weighted by molar-refractivity contribution is 5.90. The molecule has 10 heteroatoms. The van der Waals surface area contributed by atoms with Crippen molar-refractivity contribution in [3.63, 3.8) is 0 Å². The van der Waals surface area contributed by atoms with Crippen molar-refractivity contribution < 1.29 is 9.53 Å². The number of H-pyrrole nitrogens is 1. The van der Waals surface area contributed by atoms with Gasteiger partial charge in [0.25, 0.3) is 5.56 Å². The van der Waals surface area contributed by atoms with E-state index in [0.717, 1.165) is 52.7 Å². The molecule has 3 atom stereocenters. The van der Waals surface area contributed by atoms with Gasteiger partial charge in [-0.2, -0.15) is 5.10 Å². The first-order chi connectivity index (χ1) is 19.9. The van der Waals surface area contributed by atoms with Crippen LogP contribution in [-0.2, 0) is 11.3 Å². The van der Waals surface area contributed by atoms with Crippen molar-refractivity contribution in [2.75, 3.05) is 16.8 Å². The number of fused-ring (bicyclic) bond motifs is 2. The van der Waals surface area contributed by atoms with Crippen LogP contribution in [0.4, 0.5) is 16.4 Å². The highest BCUT2D eigenvalue weighted by Crippen LogP contribution is 2.35. The van der Waals surface area contributed by atoms with Gasteiger partial charge in [-0.15, -0.1) is 0 Å². The molecule has 0 spiro atoms. The maximum atomic E-state index is 13.0. The third-order valence-electron chi connectivity index (χ3n) is 8.16. The van der Waals surface area contributed by atoms with Gasteiger partial charge in [-0.3, -0.25) is 14.8 Å². The molecule has 1 aliphatic heterocycles. The summed E-state index contributed by atoms with van der Waals surface area (Å²) in [6, 6.07) is 15.5. The van der Waals surface area contributed by atoms with E-state index in [9.17, 15) is 9.59 Å². The van der Waals surface area contributed by atoms with Crippen LogP contribution in [0.1, 0.15) is 38.2 Å². The van der Waals surface area contributed by atoms with E-state index in [-0.39, 0.29) is 29.8 Å². The molecule has 1 saturated heterocycles. The zero-order chi connectivity index (χ0) is 28.5. The summed E-state index contributed by atoms with van der Waals surface area (Å²) >= 11 is 0. The van der Waals surface area contributed by atoms with Crippen molar-refractivity contribution in [1.82, 2.24) is 25.1 Å². The van der Waals surface area contributed by atoms with Crippen molar-refractivity contribution in [3.8, 4) is 11.3 Å². The molecule has 6 rings (SSSR count). The lowest BCUT2D eigenvalue weighted by Gasteiger charge is -2.33. The summed E-state index contributed by atoms with van der Waals surface area (Å²) in [7, 11) is 0. The van der Waals surface area contributed by atoms with Crippen molar-refractivity contribution in [2.24, 2.45) is 0 Å². The standard InChI is InChI=1S/C31H35N7O3/c1-4-20(3)34-30-19(2)5-11-28(35-30)38-25-10-9-23(18-27(25)41-31(38)40)32-15-16-37-26-17-22(24-13-14-33-36-24)7-6-21(26)8-12-29(37)39/h5-8,11-14,17,23,25,27,32H,3-4,9-10,15-16,18H2,1-2H3,(H,33,36)(H,34,35)/t23-,25?,27-/m0/s1. The predicted molar refractivity (Wildman–Crippen MR) is 160 cm³/mol. The quantitative estimate of drug-likeness (QED) is 0.268. The van der Waals surface area contributed by atoms with Crippen LogP contribution in [0.15, 0.2) is 71.8 Å². The van der Waals surface area contributed by atoms with Gasteiger partial charge in [0, 0.05) is 49.1 Å². The van der Waals surface area contributed by atoms with Crippen molar-refractivity contribution in [1.29, 1.82) is 0 Å². The minimum absolute atomic E-state index is 0.0351. The number of carbonyl (C=O) groups excluding carboxylic acids is 1. The molecule has 1 unspecified atom stereocenters. The highest BCUT2D eigenvalue weighted by Gasteiger charge is 2.46. The van der Waals surface area contributed by atoms with Crippen LogP contribution in [0, 0.1) is 6.92 Å². The molecule has 0 bridgehead atoms. The number of aromatic amines is 1. The lowest BCUT2D eigenvalue weighted by atomic mass is 9.88. The second-order valence-corrected chi connectivity index (χ2v) is 10.8. The lowest BCUT2D eigenvalue weighted by molar-refractivity contribution is 0.102. The normalized spacial score (nSPS) is 20.2. The van der Waals surface area contributed by atoms with Gasteiger partial charge in [-0.25, -0.2) is 9.78 Å². The van der Waals surface area contributed by atoms with E-state index < -0.39 is 0 Å². The molecular weight excluding hydrogens is 518 g/mol. The van der Waals surface area contributed by atoms with Crippen LogP contribution in [0.25, 0.3) is 22.2 Å². The van der Waals surface area contributed by atoms with Crippen molar-refractivity contribution in [2.45, 2.75) is 64.3 Å². The number of aryl methyl sites for hydroxylation is 1. The number of rotatable bonds is 9. The molecule has 1 aliphatic carbocycles. The summed E-state index contributed by atoms with van der Waals surface area (Å²) in [5.41, 5.74) is 4.60. The van der Waals surface area contributed by atoms with Gasteiger partial charge in [0.05, 0.1) is 17.3 Å². The van der Waals surface area contributed by atoms with Crippen LogP contribution in [0.2, 0.25) is 0 Å². The number of nitrogens with one attached hydrogen (secondary N) is 3. The molecule has 0 radical (unpaired) electrons. The van der Waals surface area contributed by atoms with Gasteiger partial charge in [0.15, 0.2) is 0 Å². The average Bonchev–Trinajstić information content (AvgIpc) is 3.62. The zero-order valence-electron chi connectivity index (χ0n) is 23.4. The number of aromatic nitrogens is 4. The number of pyridine rings is 2. The second-order valence-electron chi connectivity index (χ2n) is 10.8. The maximum absolute atomic E-state index is 13.0. The zero-order valence-corrected chi connectivity index (χ0v) is 23.4. The Hall–Kier alpha value is -4.44. The minimum Gasteiger partial charge on any atom is -0.444 e. The molecule has 1 saturated carbocycles. The summed E-state index contributed by atoms with van der Waals surface area (Å²) in [6.45, 7) is 9.19. The monoisotopic (exact) mass is 553 g/mol. The number of nitrogens with zero attached hydrogens (tertiary/aromatic N) is 4. The molecular formula is C31H35N7O3. The molecule has 2 aliphatic rings. The summed E-state index contributed by atoms with van der Waals surface area (Å²) in [5.74, 6) is 1.30. The number of carbonyl (C=O) groups is 1. The van der Waals surface area contributed by atoms with Crippen LogP contribution in [-0.4, -0.2) is 50.6 Å². The number of benzene rings is 1. The van der Waals surface area contributed by atoms with Crippen molar-refractivity contribution in [3.05, 3.63) is 82.9 Å². The second kappa shape index (κ2) is 11.2. The Labute approximate surface area is 238 Å². The van der Waals surface area contributed by atoms with Gasteiger partial charge < -0.3 is 19.9 Å². The third kappa shape index (κ3) is 5.35. The molecule has 212 valence electrons. The number of anilines is 2. The van der Waals surface area contributed by atoms with Gasteiger partial charge in [-0.05, 0) is 61.4 Å². The number of hydrogen-bond acceptors (Lipinski definition) is 7. The SMILES string of the molecule is C=C(CC)Nc1nc(N2C(=O)O[C@H]3C[C@@H](NCCn4c(=O)ccc5ccc(-c6ccn[nH]6)cc54)CCC32)ccc1C. The number of allylic oxidation sites excluding steroid dienone is 1. The van der Waals surface area contributed by atoms with Gasteiger partial charge in [0.2, 0.25) is 0 Å². The minimum atomic E-state index is -0.354. The molecule has 41 heavy (non-hydrogen) atoms. The fourth-order valence-electron chi connectivity index (χ4n) is 5.82. The van der Waals surface area contributed by atoms with Crippen LogP contribution < -0.4 is 21.1 Å². The Morgan fingerprint density at radius 3 is 2.80 bits per heavy atom. The molecule has 4 heterocycles. The summed E-state index contributed by atoms with van der Waals surface area (Å²) in [6.07, 6.45) is 4.35. The van der Waals surface area contributed by atoms with Crippen LogP contribution in [0.5, 0.6) is 0 Å². The Balaban J connectivity index is 1.11. The average molecular weight is 554 g/mol. The van der Waals surface area contributed by atoms with Gasteiger partial charge >= 0.3 is 6.09 Å². The summed E-state index contributed by atoms with van der Waals surface area (Å²) in [5, 5.41) is 14.9. The Morgan fingerprint density at radius 1 is 1.15 bits per heavy atom. The largest absolute Gasteiger partial charge is 0.444 e. The van der Waals surface area contributed by atoms with Crippen molar-refractivity contribution >= 4 is 28.6 Å². The van der Waals surface area contributed by atoms with E-state index in [1.54, 1.807) is 17.2 Å². The topological polar surface area (TPSA) is 117 Å². The van der Waals surface area contributed by atoms with Crippen LogP contribution >= 0.6 is 0 Å². The Kier molecular flexibility index (Phi) is 7.32. The predicted octanol–water partition coefficient (Wildman–Crippen LogP) is 4.97. The van der Waals surface area contributed by atoms with E-state index in [2.05, 4.69) is 27.4 Å². The number of amides is 1. The molecule has 10 nitrogen and oxygen atoms in total. The molecule has 1 amide bonds. The first-order valence-electron chi connectivity index (χ1n) is 14.2. The number of ether oxygens (including phenoxy) is 1. The Morgan fingerprint density at radius 2 is 2.00 bits per heavy atom. The smallest absolute Gasteiger partial charge is 0.416 e. The fourth-order valence-corrected chi connectivity index (χ4v) is 5.82. The van der Waals surface area contributed by atoms with E-state index >= 15 is 0 Å². The van der Waals surface area contributed by atoms with E-state index in [4.69, 9.17) is 9.72 Å². The first-order valence-corrected chi connectivity index (χ1v) is 14.2. The molecule has 3 aromatic heterocycles. The molecule has 4 aromatic rings.